The van der Waals surface area contributed by atoms with Crippen LogP contribution in [0.25, 0.3) is 0 Å². The van der Waals surface area contributed by atoms with Crippen LogP contribution in [0.5, 0.6) is 17.2 Å². The highest BCUT2D eigenvalue weighted by Crippen LogP contribution is 2.45. The first-order valence-electron chi connectivity index (χ1n) is 6.07. The summed E-state index contributed by atoms with van der Waals surface area (Å²) in [4.78, 5) is 12.0. The predicted octanol–water partition coefficient (Wildman–Crippen LogP) is 0.510. The van der Waals surface area contributed by atoms with E-state index in [4.69, 9.17) is 29.0 Å². The third-order valence-electron chi connectivity index (χ3n) is 2.64. The van der Waals surface area contributed by atoms with Crippen molar-refractivity contribution >= 4 is 13.1 Å². The van der Waals surface area contributed by atoms with Crippen molar-refractivity contribution in [1.82, 2.24) is 0 Å². The summed E-state index contributed by atoms with van der Waals surface area (Å²) in [7, 11) is -0.557. The van der Waals surface area contributed by atoms with Gasteiger partial charge in [-0.1, -0.05) is 0 Å². The average Bonchev–Trinajstić information content (AvgIpc) is 2.35. The quantitative estimate of drug-likeness (QED) is 0.618. The summed E-state index contributed by atoms with van der Waals surface area (Å²) in [6.07, 6.45) is 0. The molecule has 2 N–H and O–H groups in total. The molecule has 2 rings (SSSR count). The molecule has 0 fully saturated rings. The van der Waals surface area contributed by atoms with E-state index in [9.17, 15) is 9.18 Å². The van der Waals surface area contributed by atoms with Crippen LogP contribution in [0.4, 0.5) is 4.39 Å². The molecule has 0 atom stereocenters. The van der Waals surface area contributed by atoms with Crippen molar-refractivity contribution in [3.63, 3.8) is 0 Å². The SMILES string of the molecule is COc1c(F)cc(OCB(O)O)c2c1C(=O)OC(C)(C)O2. The fourth-order valence-corrected chi connectivity index (χ4v) is 1.89. The van der Waals surface area contributed by atoms with E-state index in [1.807, 2.05) is 0 Å². The van der Waals surface area contributed by atoms with E-state index < -0.39 is 31.2 Å². The highest BCUT2D eigenvalue weighted by Gasteiger charge is 2.40. The van der Waals surface area contributed by atoms with Gasteiger partial charge in [-0.05, 0) is 0 Å². The molecule has 1 aromatic carbocycles. The first-order valence-corrected chi connectivity index (χ1v) is 6.07. The summed E-state index contributed by atoms with van der Waals surface area (Å²) in [5, 5.41) is 17.6. The van der Waals surface area contributed by atoms with Crippen LogP contribution in [0.2, 0.25) is 0 Å². The van der Waals surface area contributed by atoms with Crippen LogP contribution in [0.1, 0.15) is 24.2 Å². The molecule has 0 aliphatic carbocycles. The highest BCUT2D eigenvalue weighted by atomic mass is 19.1. The normalized spacial score (nSPS) is 15.6. The topological polar surface area (TPSA) is 94.5 Å². The molecule has 114 valence electrons. The Labute approximate surface area is 120 Å². The van der Waals surface area contributed by atoms with Crippen LogP contribution in [-0.2, 0) is 4.74 Å². The lowest BCUT2D eigenvalue weighted by molar-refractivity contribution is -0.128. The molecule has 9 heteroatoms. The summed E-state index contributed by atoms with van der Waals surface area (Å²) >= 11 is 0. The molecule has 1 aliphatic rings. The van der Waals surface area contributed by atoms with Gasteiger partial charge in [0.15, 0.2) is 28.6 Å². The number of esters is 1. The summed E-state index contributed by atoms with van der Waals surface area (Å²) < 4.78 is 34.3. The molecule has 1 aliphatic heterocycles. The predicted molar refractivity (Wildman–Crippen MR) is 68.8 cm³/mol. The Bertz CT molecular complexity index is 573. The van der Waals surface area contributed by atoms with E-state index in [0.717, 1.165) is 6.07 Å². The van der Waals surface area contributed by atoms with E-state index in [1.165, 1.54) is 21.0 Å². The number of fused-ring (bicyclic) bond motifs is 1. The second-order valence-corrected chi connectivity index (χ2v) is 4.78. The van der Waals surface area contributed by atoms with Crippen molar-refractivity contribution in [3.8, 4) is 17.2 Å². The van der Waals surface area contributed by atoms with Gasteiger partial charge in [0.25, 0.3) is 0 Å². The van der Waals surface area contributed by atoms with E-state index in [0.29, 0.717) is 0 Å². The Balaban J connectivity index is 2.55. The monoisotopic (exact) mass is 300 g/mol. The van der Waals surface area contributed by atoms with Crippen LogP contribution in [0.15, 0.2) is 6.07 Å². The number of benzene rings is 1. The van der Waals surface area contributed by atoms with Gasteiger partial charge in [0, 0.05) is 19.9 Å². The highest BCUT2D eigenvalue weighted by molar-refractivity contribution is 6.40. The molecule has 1 heterocycles. The minimum Gasteiger partial charge on any atom is -0.493 e. The Morgan fingerprint density at radius 2 is 2.05 bits per heavy atom. The number of hydrogen-bond acceptors (Lipinski definition) is 7. The maximum atomic E-state index is 13.9. The van der Waals surface area contributed by atoms with Crippen LogP contribution in [0, 0.1) is 5.82 Å². The number of hydrogen-bond donors (Lipinski definition) is 2. The first-order chi connectivity index (χ1) is 9.75. The van der Waals surface area contributed by atoms with E-state index in [1.54, 1.807) is 0 Å². The van der Waals surface area contributed by atoms with Crippen LogP contribution in [0.3, 0.4) is 0 Å². The Morgan fingerprint density at radius 1 is 1.38 bits per heavy atom. The number of rotatable bonds is 4. The second kappa shape index (κ2) is 5.42. The zero-order valence-electron chi connectivity index (χ0n) is 11.7. The molecule has 21 heavy (non-hydrogen) atoms. The van der Waals surface area contributed by atoms with Crippen molar-refractivity contribution in [3.05, 3.63) is 17.4 Å². The largest absolute Gasteiger partial charge is 0.493 e. The molecule has 0 radical (unpaired) electrons. The summed E-state index contributed by atoms with van der Waals surface area (Å²) in [5.74, 6) is -3.52. The van der Waals surface area contributed by atoms with E-state index >= 15 is 0 Å². The molecule has 0 amide bonds. The standard InChI is InChI=1S/C12H14BFO7/c1-12(2)20-10-7(19-5-13(16)17)4-6(14)9(18-3)8(10)11(15)21-12/h4,16-17H,5H2,1-3H3. The van der Waals surface area contributed by atoms with Gasteiger partial charge in [0.1, 0.15) is 6.51 Å². The van der Waals surface area contributed by atoms with Crippen LogP contribution < -0.4 is 14.2 Å². The van der Waals surface area contributed by atoms with Crippen molar-refractivity contribution in [2.45, 2.75) is 19.6 Å². The molecule has 1 aromatic rings. The molecule has 7 nitrogen and oxygen atoms in total. The van der Waals surface area contributed by atoms with Crippen molar-refractivity contribution in [2.75, 3.05) is 13.6 Å². The molecule has 0 saturated carbocycles. The summed E-state index contributed by atoms with van der Waals surface area (Å²) in [6.45, 7) is 2.47. The minimum atomic E-state index is -1.76. The van der Waals surface area contributed by atoms with E-state index in [2.05, 4.69) is 0 Å². The number of cyclic esters (lactones) is 1. The molecule has 0 saturated heterocycles. The lowest BCUT2D eigenvalue weighted by atomic mass is 9.95. The van der Waals surface area contributed by atoms with Gasteiger partial charge in [-0.2, -0.15) is 0 Å². The fraction of sp³-hybridized carbons (Fsp3) is 0.417. The minimum absolute atomic E-state index is 0.0739. The van der Waals surface area contributed by atoms with Crippen LogP contribution >= 0.6 is 0 Å². The Morgan fingerprint density at radius 3 is 2.62 bits per heavy atom. The number of carbonyl (C=O) groups is 1. The molecular formula is C12H14BFO7. The third kappa shape index (κ3) is 3.03. The Kier molecular flexibility index (Phi) is 3.97. The average molecular weight is 300 g/mol. The van der Waals surface area contributed by atoms with Crippen molar-refractivity contribution < 1.29 is 38.2 Å². The third-order valence-corrected chi connectivity index (χ3v) is 2.64. The Hall–Kier alpha value is -2.00. The number of carbonyl (C=O) groups excluding carboxylic acids is 1. The van der Waals surface area contributed by atoms with Gasteiger partial charge in [-0.3, -0.25) is 0 Å². The second-order valence-electron chi connectivity index (χ2n) is 4.78. The molecule has 0 spiro atoms. The summed E-state index contributed by atoms with van der Waals surface area (Å²) in [6, 6.07) is 0.939. The lowest BCUT2D eigenvalue weighted by Crippen LogP contribution is -2.39. The van der Waals surface area contributed by atoms with Gasteiger partial charge < -0.3 is 29.0 Å². The first kappa shape index (κ1) is 15.4. The maximum Gasteiger partial charge on any atom is 0.491 e. The van der Waals surface area contributed by atoms with Crippen LogP contribution in [-0.4, -0.2) is 42.5 Å². The van der Waals surface area contributed by atoms with Gasteiger partial charge in [-0.15, -0.1) is 0 Å². The van der Waals surface area contributed by atoms with Gasteiger partial charge in [-0.25, -0.2) is 9.18 Å². The maximum absolute atomic E-state index is 13.9. The lowest BCUT2D eigenvalue weighted by Gasteiger charge is -2.33. The molecule has 0 unspecified atom stereocenters. The van der Waals surface area contributed by atoms with Crippen molar-refractivity contribution in [1.29, 1.82) is 0 Å². The molecule has 0 aromatic heterocycles. The number of ether oxygens (including phenoxy) is 4. The fourth-order valence-electron chi connectivity index (χ4n) is 1.89. The number of halogens is 1. The van der Waals surface area contributed by atoms with E-state index in [-0.39, 0.29) is 22.8 Å². The van der Waals surface area contributed by atoms with Gasteiger partial charge in [0.2, 0.25) is 5.79 Å². The molecule has 0 bridgehead atoms. The number of methoxy groups -OCH3 is 1. The zero-order chi connectivity index (χ0) is 15.8. The van der Waals surface area contributed by atoms with Gasteiger partial charge >= 0.3 is 13.1 Å². The summed E-state index contributed by atoms with van der Waals surface area (Å²) in [5.41, 5.74) is -0.251. The molecular weight excluding hydrogens is 286 g/mol. The van der Waals surface area contributed by atoms with Gasteiger partial charge in [0.05, 0.1) is 7.11 Å². The van der Waals surface area contributed by atoms with Crippen molar-refractivity contribution in [2.24, 2.45) is 0 Å². The smallest absolute Gasteiger partial charge is 0.491 e. The zero-order valence-corrected chi connectivity index (χ0v) is 11.7.